The Kier molecular flexibility index (Phi) is 6.82. The molecular weight excluding hydrogens is 536 g/mol. The van der Waals surface area contributed by atoms with Gasteiger partial charge in [-0.2, -0.15) is 10.5 Å². The third kappa shape index (κ3) is 4.73. The number of nitrogens with zero attached hydrogens (tertiary/aromatic N) is 4. The molecule has 0 aliphatic carbocycles. The fourth-order valence-corrected chi connectivity index (χ4v) is 4.38. The van der Waals surface area contributed by atoms with Gasteiger partial charge in [-0.05, 0) is 35.9 Å². The summed E-state index contributed by atoms with van der Waals surface area (Å²) in [4.78, 5) is 8.85. The number of anilines is 3. The number of benzene rings is 2. The first-order valence-corrected chi connectivity index (χ1v) is 11.3. The average Bonchev–Trinajstić information content (AvgIpc) is 2.83. The smallest absolute Gasteiger partial charge is 0.211 e. The number of aliphatic imine (C=N–C) groups is 1. The molecule has 10 nitrogen and oxygen atoms in total. The number of rotatable bonds is 5. The number of hydrogen-bond donors (Lipinski definition) is 4. The van der Waals surface area contributed by atoms with Crippen LogP contribution in [0.1, 0.15) is 28.3 Å². The fraction of sp³-hybridized carbons (Fsp3) is 0.130. The first-order chi connectivity index (χ1) is 16.9. The van der Waals surface area contributed by atoms with Crippen LogP contribution in [0.25, 0.3) is 0 Å². The number of fused-ring (bicyclic) bond motifs is 1. The van der Waals surface area contributed by atoms with Crippen molar-refractivity contribution >= 4 is 50.8 Å². The van der Waals surface area contributed by atoms with Crippen molar-refractivity contribution in [3.05, 3.63) is 68.1 Å². The zero-order chi connectivity index (χ0) is 25.1. The van der Waals surface area contributed by atoms with E-state index in [-0.39, 0.29) is 29.6 Å². The van der Waals surface area contributed by atoms with Gasteiger partial charge < -0.3 is 26.3 Å². The third-order valence-corrected chi connectivity index (χ3v) is 6.04. The Balaban J connectivity index is 1.77. The fourth-order valence-electron chi connectivity index (χ4n) is 3.65. The van der Waals surface area contributed by atoms with Crippen LogP contribution in [0.3, 0.4) is 0 Å². The molecule has 2 aromatic carbocycles. The summed E-state index contributed by atoms with van der Waals surface area (Å²) >= 11 is 9.65. The molecule has 0 spiro atoms. The van der Waals surface area contributed by atoms with Crippen LogP contribution in [0.4, 0.5) is 17.3 Å². The summed E-state index contributed by atoms with van der Waals surface area (Å²) in [6.45, 7) is 0.155. The second-order valence-corrected chi connectivity index (χ2v) is 8.66. The van der Waals surface area contributed by atoms with Crippen molar-refractivity contribution in [1.82, 2.24) is 10.3 Å². The van der Waals surface area contributed by atoms with Crippen molar-refractivity contribution in [1.29, 1.82) is 10.5 Å². The maximum absolute atomic E-state index is 9.52. The summed E-state index contributed by atoms with van der Waals surface area (Å²) in [5, 5.41) is 24.4. The summed E-state index contributed by atoms with van der Waals surface area (Å²) in [5.41, 5.74) is 14.3. The molecule has 0 saturated carbocycles. The second kappa shape index (κ2) is 9.97. The van der Waals surface area contributed by atoms with Gasteiger partial charge in [0.05, 0.1) is 17.8 Å². The number of methoxy groups -OCH3 is 1. The lowest BCUT2D eigenvalue weighted by Gasteiger charge is -2.26. The Bertz CT molecular complexity index is 1430. The molecule has 0 saturated heterocycles. The number of guanidine groups is 1. The second-order valence-electron chi connectivity index (χ2n) is 7.34. The molecule has 1 aliphatic heterocycles. The first kappa shape index (κ1) is 24.0. The van der Waals surface area contributed by atoms with Gasteiger partial charge in [-0.25, -0.2) is 9.98 Å². The lowest BCUT2D eigenvalue weighted by molar-refractivity contribution is 0.296. The zero-order valence-corrected chi connectivity index (χ0v) is 20.6. The predicted octanol–water partition coefficient (Wildman–Crippen LogP) is 4.06. The van der Waals surface area contributed by atoms with Gasteiger partial charge in [0.25, 0.3) is 0 Å². The minimum Gasteiger partial charge on any atom is -0.496 e. The maximum Gasteiger partial charge on any atom is 0.211 e. The van der Waals surface area contributed by atoms with E-state index in [0.717, 1.165) is 10.0 Å². The molecule has 12 heteroatoms. The Morgan fingerprint density at radius 1 is 1.20 bits per heavy atom. The Morgan fingerprint density at radius 3 is 2.66 bits per heavy atom. The molecule has 3 aromatic rings. The van der Waals surface area contributed by atoms with Gasteiger partial charge >= 0.3 is 0 Å². The molecule has 1 atom stereocenters. The van der Waals surface area contributed by atoms with E-state index in [4.69, 9.17) is 37.8 Å². The van der Waals surface area contributed by atoms with E-state index in [1.165, 1.54) is 0 Å². The van der Waals surface area contributed by atoms with E-state index >= 15 is 0 Å². The van der Waals surface area contributed by atoms with E-state index in [1.807, 2.05) is 30.5 Å². The number of aromatic nitrogens is 1. The molecule has 35 heavy (non-hydrogen) atoms. The standard InChI is InChI=1S/C23H18BrClN8O2/c1-34-16-4-2-11(6-12(16)9-35-17-5-3-13(24)7-15(17)25)20-18-19(28)14(8-26)21(29)32-22(18)33-23(31-20)30-10-27/h2-7,20H,9H2,1H3,(H6,28,29,30,31,32,33). The first-order valence-electron chi connectivity index (χ1n) is 10.1. The van der Waals surface area contributed by atoms with Crippen molar-refractivity contribution in [3.8, 4) is 23.8 Å². The van der Waals surface area contributed by atoms with Crippen LogP contribution in [-0.2, 0) is 6.61 Å². The van der Waals surface area contributed by atoms with Gasteiger partial charge in [-0.15, -0.1) is 0 Å². The van der Waals surface area contributed by atoms with Crippen molar-refractivity contribution < 1.29 is 9.47 Å². The normalized spacial score (nSPS) is 14.0. The number of halogens is 2. The lowest BCUT2D eigenvalue weighted by Crippen LogP contribution is -2.32. The van der Waals surface area contributed by atoms with Gasteiger partial charge in [0.1, 0.15) is 47.4 Å². The lowest BCUT2D eigenvalue weighted by atomic mass is 9.94. The minimum atomic E-state index is -0.691. The van der Waals surface area contributed by atoms with Crippen LogP contribution < -0.4 is 31.6 Å². The van der Waals surface area contributed by atoms with E-state index in [0.29, 0.717) is 33.5 Å². The maximum atomic E-state index is 9.52. The van der Waals surface area contributed by atoms with Crippen LogP contribution in [0.2, 0.25) is 5.02 Å². The monoisotopic (exact) mass is 552 g/mol. The number of ether oxygens (including phenoxy) is 2. The van der Waals surface area contributed by atoms with Gasteiger partial charge in [0, 0.05) is 15.6 Å². The molecule has 0 amide bonds. The molecule has 0 radical (unpaired) electrons. The molecule has 1 aliphatic rings. The largest absolute Gasteiger partial charge is 0.496 e. The Morgan fingerprint density at radius 2 is 1.97 bits per heavy atom. The summed E-state index contributed by atoms with van der Waals surface area (Å²) in [6, 6.07) is 12.1. The summed E-state index contributed by atoms with van der Waals surface area (Å²) in [6.07, 6.45) is 1.83. The molecule has 1 aromatic heterocycles. The highest BCUT2D eigenvalue weighted by molar-refractivity contribution is 9.10. The molecule has 0 bridgehead atoms. The number of hydrogen-bond acceptors (Lipinski definition) is 10. The molecule has 4 rings (SSSR count). The van der Waals surface area contributed by atoms with E-state index < -0.39 is 6.04 Å². The summed E-state index contributed by atoms with van der Waals surface area (Å²) in [5.74, 6) is 1.54. The summed E-state index contributed by atoms with van der Waals surface area (Å²) < 4.78 is 12.3. The van der Waals surface area contributed by atoms with Gasteiger partial charge in [0.15, 0.2) is 6.19 Å². The van der Waals surface area contributed by atoms with Gasteiger partial charge in [0.2, 0.25) is 5.96 Å². The third-order valence-electron chi connectivity index (χ3n) is 5.25. The Labute approximate surface area is 214 Å². The molecule has 176 valence electrons. The number of nitriles is 2. The average molecular weight is 554 g/mol. The van der Waals surface area contributed by atoms with Crippen molar-refractivity contribution in [2.24, 2.45) is 4.99 Å². The van der Waals surface area contributed by atoms with E-state index in [2.05, 4.69) is 36.5 Å². The molecule has 0 fully saturated rings. The topological polar surface area (TPSA) is 167 Å². The predicted molar refractivity (Wildman–Crippen MR) is 136 cm³/mol. The quantitative estimate of drug-likeness (QED) is 0.269. The number of nitrogen functional groups attached to an aromatic ring is 2. The summed E-state index contributed by atoms with van der Waals surface area (Å²) in [7, 11) is 1.56. The van der Waals surface area contributed by atoms with Gasteiger partial charge in [-0.3, -0.25) is 5.32 Å². The van der Waals surface area contributed by atoms with Gasteiger partial charge in [-0.1, -0.05) is 33.6 Å². The van der Waals surface area contributed by atoms with E-state index in [9.17, 15) is 5.26 Å². The SMILES string of the molecule is COc1ccc(C2N=C(NC#N)Nc3nc(N)c(C#N)c(N)c32)cc1COc1ccc(Br)cc1Cl. The van der Waals surface area contributed by atoms with Crippen LogP contribution in [0, 0.1) is 22.8 Å². The highest BCUT2D eigenvalue weighted by atomic mass is 79.9. The minimum absolute atomic E-state index is 0.0246. The molecule has 2 heterocycles. The number of nitrogens with one attached hydrogen (secondary N) is 2. The van der Waals surface area contributed by atoms with Crippen LogP contribution in [0.5, 0.6) is 11.5 Å². The number of nitrogens with two attached hydrogens (primary N) is 2. The van der Waals surface area contributed by atoms with Crippen molar-refractivity contribution in [3.63, 3.8) is 0 Å². The van der Waals surface area contributed by atoms with Crippen molar-refractivity contribution in [2.45, 2.75) is 12.6 Å². The van der Waals surface area contributed by atoms with Crippen LogP contribution in [0.15, 0.2) is 45.9 Å². The van der Waals surface area contributed by atoms with Crippen LogP contribution >= 0.6 is 27.5 Å². The highest BCUT2D eigenvalue weighted by Gasteiger charge is 2.30. The van der Waals surface area contributed by atoms with Crippen molar-refractivity contribution in [2.75, 3.05) is 23.9 Å². The zero-order valence-electron chi connectivity index (χ0n) is 18.3. The highest BCUT2D eigenvalue weighted by Crippen LogP contribution is 2.41. The van der Waals surface area contributed by atoms with E-state index in [1.54, 1.807) is 25.3 Å². The van der Waals surface area contributed by atoms with Crippen LogP contribution in [-0.4, -0.2) is 18.1 Å². The Hall–Kier alpha value is -4.19. The molecule has 1 unspecified atom stereocenters. The molecular formula is C23H18BrClN8O2. The number of pyridine rings is 1. The molecule has 6 N–H and O–H groups in total.